The molecule has 1 fully saturated rings. The molecular weight excluding hydrogens is 480 g/mol. The van der Waals surface area contributed by atoms with Crippen LogP contribution in [0.5, 0.6) is 5.75 Å². The van der Waals surface area contributed by atoms with Gasteiger partial charge < -0.3 is 20.5 Å². The van der Waals surface area contributed by atoms with Crippen molar-refractivity contribution >= 4 is 10.0 Å². The maximum Gasteiger partial charge on any atom is 0.293 e. The quantitative estimate of drug-likeness (QED) is 0.316. The second-order valence-electron chi connectivity index (χ2n) is 8.90. The highest BCUT2D eigenvalue weighted by Crippen LogP contribution is 2.30. The molecule has 5 N–H and O–H groups in total. The lowest BCUT2D eigenvalue weighted by Gasteiger charge is -2.33. The summed E-state index contributed by atoms with van der Waals surface area (Å²) in [5.41, 5.74) is 1.66. The molecule has 1 aliphatic rings. The lowest BCUT2D eigenvalue weighted by molar-refractivity contribution is 0.00594. The first-order valence-corrected chi connectivity index (χ1v) is 13.4. The Balaban J connectivity index is 1.51. The predicted octanol–water partition coefficient (Wildman–Crippen LogP) is 1.28. The molecule has 0 aliphatic carbocycles. The highest BCUT2D eigenvalue weighted by atomic mass is 32.2. The number of H-pyrrole nitrogens is 1. The number of hydrogen-bond donors (Lipinski definition) is 5. The fraction of sp³-hybridized carbons (Fsp3) is 0.308. The van der Waals surface area contributed by atoms with E-state index in [4.69, 9.17) is 0 Å². The fourth-order valence-electron chi connectivity index (χ4n) is 4.19. The van der Waals surface area contributed by atoms with E-state index in [1.807, 2.05) is 24.3 Å². The molecule has 0 bridgehead atoms. The Morgan fingerprint density at radius 1 is 1.06 bits per heavy atom. The summed E-state index contributed by atoms with van der Waals surface area (Å²) in [4.78, 5) is 17.9. The standard InChI is InChI=1S/C26H28N4O5S/c1-36(34,35)30-22(16-23-24(31)25(32)29-17-28-23)20-8-4-18(5-9-20)2-3-19-6-10-21(11-7-19)26(33)12-14-27-15-13-26/h4-11,17,22,27,30-31,33H,12-16H2,1H3,(H,28,29,32)/t22-/m0/s1. The van der Waals surface area contributed by atoms with Crippen LogP contribution in [-0.4, -0.2) is 47.9 Å². The molecule has 3 aromatic rings. The first-order chi connectivity index (χ1) is 17.1. The van der Waals surface area contributed by atoms with Gasteiger partial charge in [0.05, 0.1) is 29.9 Å². The van der Waals surface area contributed by atoms with Gasteiger partial charge in [-0.15, -0.1) is 0 Å². The molecule has 4 rings (SSSR count). The third kappa shape index (κ3) is 6.38. The third-order valence-electron chi connectivity index (χ3n) is 6.18. The molecule has 0 spiro atoms. The van der Waals surface area contributed by atoms with Gasteiger partial charge in [0.1, 0.15) is 0 Å². The van der Waals surface area contributed by atoms with Crippen molar-refractivity contribution in [1.82, 2.24) is 20.0 Å². The molecule has 1 saturated heterocycles. The molecule has 9 nitrogen and oxygen atoms in total. The Morgan fingerprint density at radius 3 is 2.22 bits per heavy atom. The summed E-state index contributed by atoms with van der Waals surface area (Å²) in [5, 5.41) is 24.1. The van der Waals surface area contributed by atoms with Crippen molar-refractivity contribution in [2.24, 2.45) is 0 Å². The van der Waals surface area contributed by atoms with Gasteiger partial charge in [0, 0.05) is 17.5 Å². The van der Waals surface area contributed by atoms with Crippen molar-refractivity contribution in [3.63, 3.8) is 0 Å². The van der Waals surface area contributed by atoms with Gasteiger partial charge in [0.2, 0.25) is 15.8 Å². The zero-order valence-electron chi connectivity index (χ0n) is 19.8. The van der Waals surface area contributed by atoms with Crippen molar-refractivity contribution in [3.8, 4) is 17.6 Å². The summed E-state index contributed by atoms with van der Waals surface area (Å²) in [6, 6.07) is 13.9. The maximum absolute atomic E-state index is 11.9. The summed E-state index contributed by atoms with van der Waals surface area (Å²) in [5.74, 6) is 5.66. The van der Waals surface area contributed by atoms with Crippen LogP contribution in [0.15, 0.2) is 59.7 Å². The highest BCUT2D eigenvalue weighted by Gasteiger charge is 2.30. The number of nitrogens with one attached hydrogen (secondary N) is 3. The molecule has 0 saturated carbocycles. The fourth-order valence-corrected chi connectivity index (χ4v) is 4.93. The Morgan fingerprint density at radius 2 is 1.64 bits per heavy atom. The molecule has 0 radical (unpaired) electrons. The molecule has 1 aliphatic heterocycles. The minimum atomic E-state index is -3.58. The first kappa shape index (κ1) is 25.6. The van der Waals surface area contributed by atoms with Crippen molar-refractivity contribution in [1.29, 1.82) is 0 Å². The van der Waals surface area contributed by atoms with E-state index in [1.165, 1.54) is 0 Å². The van der Waals surface area contributed by atoms with E-state index in [1.54, 1.807) is 24.3 Å². The van der Waals surface area contributed by atoms with Gasteiger partial charge in [-0.25, -0.2) is 18.1 Å². The molecular formula is C26H28N4O5S. The van der Waals surface area contributed by atoms with Crippen LogP contribution in [0, 0.1) is 11.8 Å². The highest BCUT2D eigenvalue weighted by molar-refractivity contribution is 7.88. The Kier molecular flexibility index (Phi) is 7.56. The van der Waals surface area contributed by atoms with Crippen LogP contribution in [0.25, 0.3) is 0 Å². The largest absolute Gasteiger partial charge is 0.502 e. The topological polar surface area (TPSA) is 144 Å². The van der Waals surface area contributed by atoms with Crippen molar-refractivity contribution in [2.45, 2.75) is 30.9 Å². The molecule has 36 heavy (non-hydrogen) atoms. The lowest BCUT2D eigenvalue weighted by atomic mass is 9.85. The second kappa shape index (κ2) is 10.6. The van der Waals surface area contributed by atoms with Crippen LogP contribution in [-0.2, 0) is 22.0 Å². The van der Waals surface area contributed by atoms with Crippen molar-refractivity contribution in [3.05, 3.63) is 93.2 Å². The zero-order chi connectivity index (χ0) is 25.8. The van der Waals surface area contributed by atoms with Crippen molar-refractivity contribution < 1.29 is 18.6 Å². The maximum atomic E-state index is 11.9. The zero-order valence-corrected chi connectivity index (χ0v) is 20.6. The molecule has 2 aromatic carbocycles. The number of benzene rings is 2. The van der Waals surface area contributed by atoms with Gasteiger partial charge in [0.15, 0.2) is 0 Å². The monoisotopic (exact) mass is 508 g/mol. The van der Waals surface area contributed by atoms with E-state index in [2.05, 4.69) is 31.8 Å². The van der Waals surface area contributed by atoms with Crippen molar-refractivity contribution in [2.75, 3.05) is 19.3 Å². The van der Waals surface area contributed by atoms with Gasteiger partial charge in [-0.05, 0) is 61.3 Å². The normalized spacial score (nSPS) is 16.1. The van der Waals surface area contributed by atoms with Gasteiger partial charge in [-0.3, -0.25) is 4.79 Å². The van der Waals surface area contributed by atoms with Crippen LogP contribution in [0.1, 0.15) is 46.8 Å². The van der Waals surface area contributed by atoms with Gasteiger partial charge in [-0.1, -0.05) is 36.1 Å². The predicted molar refractivity (Wildman–Crippen MR) is 136 cm³/mol. The second-order valence-corrected chi connectivity index (χ2v) is 10.7. The van der Waals surface area contributed by atoms with E-state index >= 15 is 0 Å². The average molecular weight is 509 g/mol. The molecule has 1 atom stereocenters. The third-order valence-corrected chi connectivity index (χ3v) is 6.89. The summed E-state index contributed by atoms with van der Waals surface area (Å²) in [6.45, 7) is 1.58. The lowest BCUT2D eigenvalue weighted by Crippen LogP contribution is -2.39. The Labute approximate surface area is 209 Å². The SMILES string of the molecule is CS(=O)(=O)N[C@@H](Cc1nc[nH]c(=O)c1O)c1ccc(C#Cc2ccc(C3(O)CCNCC3)cc2)cc1. The van der Waals surface area contributed by atoms with E-state index < -0.39 is 33.0 Å². The molecule has 0 amide bonds. The van der Waals surface area contributed by atoms with Crippen LogP contribution in [0.4, 0.5) is 0 Å². The number of sulfonamides is 1. The first-order valence-electron chi connectivity index (χ1n) is 11.5. The Hall–Kier alpha value is -3.49. The van der Waals surface area contributed by atoms with Gasteiger partial charge in [0.25, 0.3) is 5.56 Å². The molecule has 10 heteroatoms. The number of aromatic amines is 1. The number of piperidine rings is 1. The number of rotatable bonds is 6. The van der Waals surface area contributed by atoms with Crippen LogP contribution >= 0.6 is 0 Å². The summed E-state index contributed by atoms with van der Waals surface area (Å²) >= 11 is 0. The van der Waals surface area contributed by atoms with E-state index in [-0.39, 0.29) is 12.1 Å². The number of aromatic hydroxyl groups is 1. The summed E-state index contributed by atoms with van der Waals surface area (Å²) in [6.07, 6.45) is 3.54. The van der Waals surface area contributed by atoms with Crippen LogP contribution in [0.3, 0.4) is 0 Å². The van der Waals surface area contributed by atoms with Crippen LogP contribution < -0.4 is 15.6 Å². The minimum Gasteiger partial charge on any atom is -0.502 e. The molecule has 0 unspecified atom stereocenters. The number of aliphatic hydroxyl groups is 1. The van der Waals surface area contributed by atoms with Gasteiger partial charge >= 0.3 is 0 Å². The Bertz CT molecular complexity index is 1430. The smallest absolute Gasteiger partial charge is 0.293 e. The van der Waals surface area contributed by atoms with E-state index in [9.17, 15) is 23.4 Å². The number of nitrogens with zero attached hydrogens (tertiary/aromatic N) is 1. The number of aromatic nitrogens is 2. The molecule has 188 valence electrons. The van der Waals surface area contributed by atoms with E-state index in [0.29, 0.717) is 18.4 Å². The summed E-state index contributed by atoms with van der Waals surface area (Å²) < 4.78 is 26.4. The van der Waals surface area contributed by atoms with Crippen LogP contribution in [0.2, 0.25) is 0 Å². The molecule has 2 heterocycles. The summed E-state index contributed by atoms with van der Waals surface area (Å²) in [7, 11) is -3.58. The number of hydrogen-bond acceptors (Lipinski definition) is 7. The molecule has 1 aromatic heterocycles. The van der Waals surface area contributed by atoms with E-state index in [0.717, 1.165) is 42.4 Å². The minimum absolute atomic E-state index is 0.0113. The average Bonchev–Trinajstić information content (AvgIpc) is 2.85. The van der Waals surface area contributed by atoms with Gasteiger partial charge in [-0.2, -0.15) is 0 Å².